The van der Waals surface area contributed by atoms with E-state index in [2.05, 4.69) is 10.2 Å². The van der Waals surface area contributed by atoms with E-state index in [-0.39, 0.29) is 5.91 Å². The molecule has 0 aliphatic carbocycles. The molecule has 1 amide bonds. The Bertz CT molecular complexity index is 447. The van der Waals surface area contributed by atoms with Gasteiger partial charge >= 0.3 is 0 Å². The van der Waals surface area contributed by atoms with Crippen LogP contribution in [0, 0.1) is 0 Å². The average Bonchev–Trinajstić information content (AvgIpc) is 2.45. The summed E-state index contributed by atoms with van der Waals surface area (Å²) < 4.78 is 11.0. The number of hydrogen-bond donors (Lipinski definition) is 1. The fraction of sp³-hybridized carbons (Fsp3) is 0.562. The lowest BCUT2D eigenvalue weighted by Crippen LogP contribution is -2.27. The molecule has 21 heavy (non-hydrogen) atoms. The van der Waals surface area contributed by atoms with E-state index in [1.54, 1.807) is 18.2 Å². The summed E-state index contributed by atoms with van der Waals surface area (Å²) in [6.45, 7) is 6.54. The van der Waals surface area contributed by atoms with Crippen molar-refractivity contribution in [2.45, 2.75) is 20.3 Å². The van der Waals surface area contributed by atoms with Crippen LogP contribution in [0.3, 0.4) is 0 Å². The molecule has 0 unspecified atom stereocenters. The topological polar surface area (TPSA) is 50.8 Å². The maximum Gasteiger partial charge on any atom is 0.251 e. The van der Waals surface area contributed by atoms with Crippen LogP contribution < -0.4 is 14.8 Å². The highest BCUT2D eigenvalue weighted by molar-refractivity contribution is 5.94. The van der Waals surface area contributed by atoms with E-state index in [1.165, 1.54) is 0 Å². The number of hydrogen-bond acceptors (Lipinski definition) is 4. The van der Waals surface area contributed by atoms with E-state index in [9.17, 15) is 4.79 Å². The van der Waals surface area contributed by atoms with Crippen LogP contribution in [0.25, 0.3) is 0 Å². The Hall–Kier alpha value is -1.75. The first kappa shape index (κ1) is 17.3. The highest BCUT2D eigenvalue weighted by atomic mass is 16.5. The van der Waals surface area contributed by atoms with Crippen molar-refractivity contribution >= 4 is 5.91 Å². The van der Waals surface area contributed by atoms with Gasteiger partial charge in [-0.05, 0) is 59.1 Å². The van der Waals surface area contributed by atoms with Crippen LogP contribution in [0.4, 0.5) is 0 Å². The van der Waals surface area contributed by atoms with Crippen molar-refractivity contribution < 1.29 is 14.3 Å². The maximum atomic E-state index is 12.1. The minimum atomic E-state index is -0.0854. The number of nitrogens with one attached hydrogen (secondary N) is 1. The molecule has 0 heterocycles. The van der Waals surface area contributed by atoms with Crippen molar-refractivity contribution in [3.8, 4) is 11.5 Å². The second-order valence-corrected chi connectivity index (χ2v) is 4.94. The molecule has 118 valence electrons. The molecule has 0 atom stereocenters. The quantitative estimate of drug-likeness (QED) is 0.709. The summed E-state index contributed by atoms with van der Waals surface area (Å²) >= 11 is 0. The Morgan fingerprint density at radius 3 is 2.43 bits per heavy atom. The third-order valence-electron chi connectivity index (χ3n) is 2.87. The number of benzene rings is 1. The average molecular weight is 294 g/mol. The Labute approximate surface area is 127 Å². The summed E-state index contributed by atoms with van der Waals surface area (Å²) in [6.07, 6.45) is 0.925. The van der Waals surface area contributed by atoms with Gasteiger partial charge in [0.2, 0.25) is 0 Å². The van der Waals surface area contributed by atoms with Gasteiger partial charge in [0.05, 0.1) is 13.2 Å². The van der Waals surface area contributed by atoms with Gasteiger partial charge in [0, 0.05) is 12.1 Å². The molecule has 0 bridgehead atoms. The van der Waals surface area contributed by atoms with Gasteiger partial charge in [-0.15, -0.1) is 0 Å². The van der Waals surface area contributed by atoms with Crippen LogP contribution in [0.15, 0.2) is 18.2 Å². The van der Waals surface area contributed by atoms with Crippen LogP contribution in [0.1, 0.15) is 30.6 Å². The molecular formula is C16H26N2O3. The fourth-order valence-corrected chi connectivity index (χ4v) is 1.89. The van der Waals surface area contributed by atoms with Crippen LogP contribution in [-0.4, -0.2) is 51.2 Å². The number of rotatable bonds is 9. The van der Waals surface area contributed by atoms with Gasteiger partial charge in [-0.3, -0.25) is 4.79 Å². The molecule has 0 spiro atoms. The number of carbonyl (C=O) groups excluding carboxylic acids is 1. The van der Waals surface area contributed by atoms with Gasteiger partial charge in [-0.25, -0.2) is 0 Å². The van der Waals surface area contributed by atoms with E-state index < -0.39 is 0 Å². The summed E-state index contributed by atoms with van der Waals surface area (Å²) in [7, 11) is 4.03. The Morgan fingerprint density at radius 1 is 1.14 bits per heavy atom. The third-order valence-corrected chi connectivity index (χ3v) is 2.87. The minimum Gasteiger partial charge on any atom is -0.490 e. The predicted octanol–water partition coefficient (Wildman–Crippen LogP) is 2.17. The number of ether oxygens (including phenoxy) is 2. The third kappa shape index (κ3) is 6.04. The highest BCUT2D eigenvalue weighted by Gasteiger charge is 2.11. The molecule has 1 aromatic carbocycles. The smallest absolute Gasteiger partial charge is 0.251 e. The van der Waals surface area contributed by atoms with Crippen LogP contribution in [0.2, 0.25) is 0 Å². The first-order chi connectivity index (χ1) is 10.1. The SMILES string of the molecule is CCOc1ccc(C(=O)NCCCN(C)C)cc1OCC. The van der Waals surface area contributed by atoms with Crippen molar-refractivity contribution in [3.63, 3.8) is 0 Å². The molecule has 0 aromatic heterocycles. The highest BCUT2D eigenvalue weighted by Crippen LogP contribution is 2.28. The minimum absolute atomic E-state index is 0.0854. The summed E-state index contributed by atoms with van der Waals surface area (Å²) in [5.41, 5.74) is 0.590. The molecular weight excluding hydrogens is 268 g/mol. The van der Waals surface area contributed by atoms with Crippen molar-refractivity contribution in [2.24, 2.45) is 0 Å². The zero-order valence-electron chi connectivity index (χ0n) is 13.4. The zero-order valence-corrected chi connectivity index (χ0v) is 13.4. The number of carbonyl (C=O) groups is 1. The van der Waals surface area contributed by atoms with Gasteiger partial charge in [0.25, 0.3) is 5.91 Å². The lowest BCUT2D eigenvalue weighted by atomic mass is 10.2. The first-order valence-corrected chi connectivity index (χ1v) is 7.41. The number of nitrogens with zero attached hydrogens (tertiary/aromatic N) is 1. The van der Waals surface area contributed by atoms with E-state index in [0.29, 0.717) is 36.8 Å². The number of amides is 1. The first-order valence-electron chi connectivity index (χ1n) is 7.41. The summed E-state index contributed by atoms with van der Waals surface area (Å²) in [5, 5.41) is 2.91. The fourth-order valence-electron chi connectivity index (χ4n) is 1.89. The molecule has 0 saturated carbocycles. The lowest BCUT2D eigenvalue weighted by Gasteiger charge is -2.13. The second kappa shape index (κ2) is 9.23. The van der Waals surface area contributed by atoms with Gasteiger partial charge in [0.1, 0.15) is 0 Å². The Morgan fingerprint density at radius 2 is 1.81 bits per heavy atom. The lowest BCUT2D eigenvalue weighted by molar-refractivity contribution is 0.0951. The predicted molar refractivity (Wildman–Crippen MR) is 84.3 cm³/mol. The molecule has 0 radical (unpaired) electrons. The van der Waals surface area contributed by atoms with Gasteiger partial charge in [-0.1, -0.05) is 0 Å². The van der Waals surface area contributed by atoms with Gasteiger partial charge in [-0.2, -0.15) is 0 Å². The molecule has 5 nitrogen and oxygen atoms in total. The van der Waals surface area contributed by atoms with Crippen LogP contribution in [-0.2, 0) is 0 Å². The summed E-state index contributed by atoms with van der Waals surface area (Å²) in [5.74, 6) is 1.20. The maximum absolute atomic E-state index is 12.1. The van der Waals surface area contributed by atoms with E-state index in [0.717, 1.165) is 13.0 Å². The largest absolute Gasteiger partial charge is 0.490 e. The van der Waals surface area contributed by atoms with Gasteiger partial charge < -0.3 is 19.7 Å². The Kier molecular flexibility index (Phi) is 7.61. The summed E-state index contributed by atoms with van der Waals surface area (Å²) in [6, 6.07) is 5.27. The molecule has 1 N–H and O–H groups in total. The van der Waals surface area contributed by atoms with Crippen molar-refractivity contribution in [1.82, 2.24) is 10.2 Å². The molecule has 0 saturated heterocycles. The monoisotopic (exact) mass is 294 g/mol. The molecule has 0 fully saturated rings. The molecule has 0 aliphatic rings. The van der Waals surface area contributed by atoms with E-state index in [4.69, 9.17) is 9.47 Å². The molecule has 5 heteroatoms. The molecule has 1 rings (SSSR count). The summed E-state index contributed by atoms with van der Waals surface area (Å²) in [4.78, 5) is 14.2. The van der Waals surface area contributed by atoms with E-state index in [1.807, 2.05) is 27.9 Å². The van der Waals surface area contributed by atoms with Crippen LogP contribution in [0.5, 0.6) is 11.5 Å². The van der Waals surface area contributed by atoms with Crippen molar-refractivity contribution in [1.29, 1.82) is 0 Å². The van der Waals surface area contributed by atoms with E-state index >= 15 is 0 Å². The van der Waals surface area contributed by atoms with Crippen molar-refractivity contribution in [3.05, 3.63) is 23.8 Å². The molecule has 0 aliphatic heterocycles. The van der Waals surface area contributed by atoms with Crippen LogP contribution >= 0.6 is 0 Å². The normalized spacial score (nSPS) is 10.5. The van der Waals surface area contributed by atoms with Gasteiger partial charge in [0.15, 0.2) is 11.5 Å². The standard InChI is InChI=1S/C16H26N2O3/c1-5-20-14-9-8-13(12-15(14)21-6-2)16(19)17-10-7-11-18(3)4/h8-9,12H,5-7,10-11H2,1-4H3,(H,17,19). The Balaban J connectivity index is 2.64. The zero-order chi connectivity index (χ0) is 15.7. The van der Waals surface area contributed by atoms with Crippen molar-refractivity contribution in [2.75, 3.05) is 40.4 Å². The molecule has 1 aromatic rings. The second-order valence-electron chi connectivity index (χ2n) is 4.94.